The van der Waals surface area contributed by atoms with Gasteiger partial charge in [-0.2, -0.15) is 0 Å². The average molecular weight is 241 g/mol. The Bertz CT molecular complexity index is 419. The van der Waals surface area contributed by atoms with Crippen LogP contribution in [0.2, 0.25) is 5.02 Å². The highest BCUT2D eigenvalue weighted by Crippen LogP contribution is 2.36. The molecule has 0 bridgehead atoms. The molecule has 1 aromatic carbocycles. The van der Waals surface area contributed by atoms with Gasteiger partial charge < -0.3 is 10.1 Å². The summed E-state index contributed by atoms with van der Waals surface area (Å²) in [6, 6.07) is 3.48. The molecule has 1 aromatic rings. The fraction of sp³-hybridized carbons (Fsp3) is 0.273. The van der Waals surface area contributed by atoms with Gasteiger partial charge in [-0.1, -0.05) is 17.7 Å². The van der Waals surface area contributed by atoms with Crippen molar-refractivity contribution >= 4 is 35.6 Å². The second-order valence-electron chi connectivity index (χ2n) is 3.20. The van der Waals surface area contributed by atoms with Crippen LogP contribution in [0.3, 0.4) is 0 Å². The maximum absolute atomic E-state index is 11.1. The Hall–Kier alpha value is -1.39. The highest BCUT2D eigenvalue weighted by Gasteiger charge is 2.12. The number of methoxy groups -OCH3 is 1. The van der Waals surface area contributed by atoms with Crippen LogP contribution in [0.5, 0.6) is 0 Å². The molecule has 0 saturated carbocycles. The summed E-state index contributed by atoms with van der Waals surface area (Å²) in [6.45, 7) is 5.23. The first-order valence-electron chi connectivity index (χ1n) is 4.64. The average Bonchev–Trinajstić information content (AvgIpc) is 2.22. The number of rotatable bonds is 4. The predicted octanol–water partition coefficient (Wildman–Crippen LogP) is 2.78. The zero-order valence-electron chi connectivity index (χ0n) is 9.21. The maximum atomic E-state index is 11.1. The minimum Gasteiger partial charge on any atom is -0.380 e. The predicted molar refractivity (Wildman–Crippen MR) is 65.7 cm³/mol. The monoisotopic (exact) mass is 240 g/mol. The van der Waals surface area contributed by atoms with Gasteiger partial charge in [0, 0.05) is 19.6 Å². The van der Waals surface area contributed by atoms with E-state index < -0.39 is 0 Å². The first-order chi connectivity index (χ1) is 7.60. The number of hydrogen-bond donors (Lipinski definition) is 1. The Balaban J connectivity index is 3.28. The first-order valence-corrected chi connectivity index (χ1v) is 5.02. The van der Waals surface area contributed by atoms with E-state index >= 15 is 0 Å². The molecule has 0 aliphatic heterocycles. The first kappa shape index (κ1) is 12.7. The van der Waals surface area contributed by atoms with Crippen LogP contribution >= 0.6 is 11.6 Å². The van der Waals surface area contributed by atoms with Crippen molar-refractivity contribution in [1.29, 1.82) is 0 Å². The van der Waals surface area contributed by atoms with Gasteiger partial charge in [-0.15, -0.1) is 0 Å². The van der Waals surface area contributed by atoms with Crippen LogP contribution in [0.25, 0.3) is 0 Å². The highest BCUT2D eigenvalue weighted by atomic mass is 35.5. The van der Waals surface area contributed by atoms with Gasteiger partial charge in [-0.25, -0.2) is 0 Å². The number of nitrogens with one attached hydrogen (secondary N) is 1. The SMILES string of the molecule is C=Nc1c(Cl)ccc(COC)c1NC(C)=O. The number of anilines is 1. The molecule has 86 valence electrons. The van der Waals surface area contributed by atoms with Crippen molar-refractivity contribution in [3.63, 3.8) is 0 Å². The summed E-state index contributed by atoms with van der Waals surface area (Å²) in [5.74, 6) is -0.190. The summed E-state index contributed by atoms with van der Waals surface area (Å²) in [5.41, 5.74) is 1.83. The van der Waals surface area contributed by atoms with E-state index in [1.165, 1.54) is 6.92 Å². The van der Waals surface area contributed by atoms with Crippen molar-refractivity contribution in [2.45, 2.75) is 13.5 Å². The van der Waals surface area contributed by atoms with Crippen LogP contribution in [0, 0.1) is 0 Å². The summed E-state index contributed by atoms with van der Waals surface area (Å²) in [7, 11) is 1.58. The number of nitrogens with zero attached hydrogens (tertiary/aromatic N) is 1. The smallest absolute Gasteiger partial charge is 0.221 e. The summed E-state index contributed by atoms with van der Waals surface area (Å²) in [5, 5.41) is 3.12. The van der Waals surface area contributed by atoms with Crippen molar-refractivity contribution in [3.05, 3.63) is 22.7 Å². The number of halogens is 1. The summed E-state index contributed by atoms with van der Waals surface area (Å²) in [6.07, 6.45) is 0. The van der Waals surface area contributed by atoms with Crippen LogP contribution in [-0.4, -0.2) is 19.7 Å². The van der Waals surface area contributed by atoms with Crippen LogP contribution in [0.1, 0.15) is 12.5 Å². The molecule has 0 saturated heterocycles. The molecule has 0 aliphatic rings. The zero-order valence-corrected chi connectivity index (χ0v) is 9.97. The van der Waals surface area contributed by atoms with Crippen molar-refractivity contribution in [1.82, 2.24) is 0 Å². The van der Waals surface area contributed by atoms with Gasteiger partial charge in [0.25, 0.3) is 0 Å². The van der Waals surface area contributed by atoms with E-state index in [0.717, 1.165) is 5.56 Å². The van der Waals surface area contributed by atoms with Crippen LogP contribution in [0.4, 0.5) is 11.4 Å². The van der Waals surface area contributed by atoms with Gasteiger partial charge in [0.15, 0.2) is 0 Å². The Morgan fingerprint density at radius 3 is 2.81 bits per heavy atom. The highest BCUT2D eigenvalue weighted by molar-refractivity contribution is 6.34. The molecule has 0 heterocycles. The lowest BCUT2D eigenvalue weighted by Crippen LogP contribution is -2.09. The topological polar surface area (TPSA) is 50.7 Å². The quantitative estimate of drug-likeness (QED) is 0.823. The van der Waals surface area contributed by atoms with Crippen molar-refractivity contribution in [2.75, 3.05) is 12.4 Å². The summed E-state index contributed by atoms with van der Waals surface area (Å²) >= 11 is 5.96. The molecule has 1 rings (SSSR count). The molecule has 0 atom stereocenters. The minimum atomic E-state index is -0.190. The number of ether oxygens (including phenoxy) is 1. The van der Waals surface area contributed by atoms with E-state index in [1.807, 2.05) is 0 Å². The Kier molecular flexibility index (Phi) is 4.46. The van der Waals surface area contributed by atoms with Gasteiger partial charge in [0.2, 0.25) is 5.91 Å². The lowest BCUT2D eigenvalue weighted by Gasteiger charge is -2.13. The molecule has 0 radical (unpaired) electrons. The molecular weight excluding hydrogens is 228 g/mol. The van der Waals surface area contributed by atoms with Crippen molar-refractivity contribution < 1.29 is 9.53 Å². The van der Waals surface area contributed by atoms with E-state index in [-0.39, 0.29) is 5.91 Å². The van der Waals surface area contributed by atoms with E-state index in [1.54, 1.807) is 19.2 Å². The standard InChI is InChI=1S/C11H13ClN2O2/c1-7(15)14-10-8(6-16-3)4-5-9(12)11(10)13-2/h4-5H,2,6H2,1,3H3,(H,14,15). The third-order valence-corrected chi connectivity index (χ3v) is 2.28. The second-order valence-corrected chi connectivity index (χ2v) is 3.61. The third kappa shape index (κ3) is 2.81. The van der Waals surface area contributed by atoms with E-state index in [0.29, 0.717) is 23.0 Å². The fourth-order valence-electron chi connectivity index (χ4n) is 1.35. The number of benzene rings is 1. The van der Waals surface area contributed by atoms with Crippen LogP contribution < -0.4 is 5.32 Å². The summed E-state index contributed by atoms with van der Waals surface area (Å²) in [4.78, 5) is 14.9. The van der Waals surface area contributed by atoms with E-state index in [4.69, 9.17) is 16.3 Å². The fourth-order valence-corrected chi connectivity index (χ4v) is 1.57. The van der Waals surface area contributed by atoms with E-state index in [2.05, 4.69) is 17.0 Å². The molecule has 0 aromatic heterocycles. The van der Waals surface area contributed by atoms with Gasteiger partial charge in [0.1, 0.15) is 5.69 Å². The summed E-state index contributed by atoms with van der Waals surface area (Å²) < 4.78 is 5.03. The molecule has 5 heteroatoms. The number of aliphatic imine (C=N–C) groups is 1. The van der Waals surface area contributed by atoms with Crippen LogP contribution in [-0.2, 0) is 16.1 Å². The molecule has 0 spiro atoms. The van der Waals surface area contributed by atoms with Gasteiger partial charge in [0.05, 0.1) is 17.3 Å². The van der Waals surface area contributed by atoms with E-state index in [9.17, 15) is 4.79 Å². The van der Waals surface area contributed by atoms with Crippen LogP contribution in [0.15, 0.2) is 17.1 Å². The molecule has 0 fully saturated rings. The van der Waals surface area contributed by atoms with Gasteiger partial charge >= 0.3 is 0 Å². The Morgan fingerprint density at radius 1 is 1.62 bits per heavy atom. The van der Waals surface area contributed by atoms with Crippen molar-refractivity contribution in [2.24, 2.45) is 4.99 Å². The molecule has 1 N–H and O–H groups in total. The number of carbonyl (C=O) groups excluding carboxylic acids is 1. The van der Waals surface area contributed by atoms with Gasteiger partial charge in [-0.3, -0.25) is 9.79 Å². The lowest BCUT2D eigenvalue weighted by molar-refractivity contribution is -0.114. The molecule has 0 unspecified atom stereocenters. The maximum Gasteiger partial charge on any atom is 0.221 e. The lowest BCUT2D eigenvalue weighted by atomic mass is 10.1. The molecule has 0 aliphatic carbocycles. The minimum absolute atomic E-state index is 0.190. The Labute approximate surface area is 99.3 Å². The van der Waals surface area contributed by atoms with Gasteiger partial charge in [-0.05, 0) is 12.8 Å². The second kappa shape index (κ2) is 5.63. The zero-order chi connectivity index (χ0) is 12.1. The molecule has 1 amide bonds. The number of hydrogen-bond acceptors (Lipinski definition) is 3. The normalized spacial score (nSPS) is 9.94. The molecular formula is C11H13ClN2O2. The largest absolute Gasteiger partial charge is 0.380 e. The third-order valence-electron chi connectivity index (χ3n) is 1.97. The number of amides is 1. The molecule has 4 nitrogen and oxygen atoms in total. The van der Waals surface area contributed by atoms with Crippen molar-refractivity contribution in [3.8, 4) is 0 Å². The Morgan fingerprint density at radius 2 is 2.31 bits per heavy atom. The molecule has 16 heavy (non-hydrogen) atoms. The number of carbonyl (C=O) groups is 1.